The Labute approximate surface area is 98.5 Å². The number of aromatic nitrogens is 1. The minimum absolute atomic E-state index is 0.310. The first kappa shape index (κ1) is 11.5. The number of aliphatic hydroxyl groups is 1. The molecule has 0 unspecified atom stereocenters. The molecule has 1 aromatic carbocycles. The summed E-state index contributed by atoms with van der Waals surface area (Å²) in [5.74, 6) is 0.611. The summed E-state index contributed by atoms with van der Waals surface area (Å²) in [6.07, 6.45) is 0.992. The molecule has 0 aliphatic carbocycles. The molecule has 0 fully saturated rings. The average molecular weight is 233 g/mol. The van der Waals surface area contributed by atoms with E-state index in [9.17, 15) is 9.50 Å². The summed E-state index contributed by atoms with van der Waals surface area (Å²) in [4.78, 5) is 4.04. The van der Waals surface area contributed by atoms with Gasteiger partial charge in [0.2, 0.25) is 5.88 Å². The Morgan fingerprint density at radius 1 is 1.18 bits per heavy atom. The van der Waals surface area contributed by atoms with Crippen LogP contribution in [-0.4, -0.2) is 10.1 Å². The number of rotatable bonds is 3. The lowest BCUT2D eigenvalue weighted by Crippen LogP contribution is -1.93. The van der Waals surface area contributed by atoms with Crippen LogP contribution in [0.1, 0.15) is 18.6 Å². The minimum Gasteiger partial charge on any atom is -0.439 e. The highest BCUT2D eigenvalue weighted by Crippen LogP contribution is 2.20. The summed E-state index contributed by atoms with van der Waals surface area (Å²) >= 11 is 0. The summed E-state index contributed by atoms with van der Waals surface area (Å²) in [7, 11) is 0. The highest BCUT2D eigenvalue weighted by molar-refractivity contribution is 5.28. The Balaban J connectivity index is 2.11. The van der Waals surface area contributed by atoms with Crippen molar-refractivity contribution in [3.63, 3.8) is 0 Å². The quantitative estimate of drug-likeness (QED) is 0.885. The predicted octanol–water partition coefficient (Wildman–Crippen LogP) is 3.07. The van der Waals surface area contributed by atoms with Gasteiger partial charge < -0.3 is 9.84 Å². The fraction of sp³-hybridized carbons (Fsp3) is 0.154. The largest absolute Gasteiger partial charge is 0.439 e. The minimum atomic E-state index is -0.553. The molecule has 2 rings (SSSR count). The lowest BCUT2D eigenvalue weighted by atomic mass is 10.2. The highest BCUT2D eigenvalue weighted by atomic mass is 19.1. The number of benzene rings is 1. The van der Waals surface area contributed by atoms with E-state index in [1.165, 1.54) is 24.3 Å². The molecule has 0 radical (unpaired) electrons. The van der Waals surface area contributed by atoms with Crippen LogP contribution in [0.25, 0.3) is 0 Å². The Bertz CT molecular complexity index is 480. The standard InChI is InChI=1S/C13H12FNO2/c1-9(16)10-2-7-13(15-8-10)17-12-5-3-11(14)4-6-12/h2-9,16H,1H3/t9-/m1/s1. The Morgan fingerprint density at radius 2 is 1.88 bits per heavy atom. The molecule has 0 bridgehead atoms. The summed E-state index contributed by atoms with van der Waals surface area (Å²) in [6.45, 7) is 1.66. The first-order valence-corrected chi connectivity index (χ1v) is 5.22. The summed E-state index contributed by atoms with van der Waals surface area (Å²) < 4.78 is 18.1. The van der Waals surface area contributed by atoms with Crippen molar-refractivity contribution in [2.45, 2.75) is 13.0 Å². The van der Waals surface area contributed by atoms with Crippen LogP contribution in [0.2, 0.25) is 0 Å². The van der Waals surface area contributed by atoms with Crippen molar-refractivity contribution in [1.29, 1.82) is 0 Å². The molecule has 0 aliphatic heterocycles. The fourth-order valence-electron chi connectivity index (χ4n) is 1.32. The van der Waals surface area contributed by atoms with Gasteiger partial charge >= 0.3 is 0 Å². The molecule has 4 heteroatoms. The maximum atomic E-state index is 12.7. The molecule has 0 aliphatic rings. The zero-order valence-electron chi connectivity index (χ0n) is 9.30. The third-order valence-corrected chi connectivity index (χ3v) is 2.28. The van der Waals surface area contributed by atoms with Crippen LogP contribution in [0.3, 0.4) is 0 Å². The second-order valence-electron chi connectivity index (χ2n) is 3.66. The van der Waals surface area contributed by atoms with Crippen LogP contribution in [0.4, 0.5) is 4.39 Å². The van der Waals surface area contributed by atoms with E-state index in [2.05, 4.69) is 4.98 Å². The number of pyridine rings is 1. The van der Waals surface area contributed by atoms with Gasteiger partial charge in [0, 0.05) is 12.3 Å². The predicted molar refractivity (Wildman–Crippen MR) is 61.3 cm³/mol. The van der Waals surface area contributed by atoms with E-state index in [-0.39, 0.29) is 5.82 Å². The lowest BCUT2D eigenvalue weighted by Gasteiger charge is -2.06. The SMILES string of the molecule is C[C@@H](O)c1ccc(Oc2ccc(F)cc2)nc1. The molecule has 1 atom stereocenters. The maximum absolute atomic E-state index is 12.7. The third kappa shape index (κ3) is 3.01. The van der Waals surface area contributed by atoms with Crippen LogP contribution < -0.4 is 4.74 Å². The first-order chi connectivity index (χ1) is 8.15. The smallest absolute Gasteiger partial charge is 0.219 e. The van der Waals surface area contributed by atoms with Crippen molar-refractivity contribution < 1.29 is 14.2 Å². The number of aliphatic hydroxyl groups excluding tert-OH is 1. The molecule has 0 saturated carbocycles. The molecule has 3 nitrogen and oxygen atoms in total. The van der Waals surface area contributed by atoms with E-state index in [4.69, 9.17) is 4.74 Å². The highest BCUT2D eigenvalue weighted by Gasteiger charge is 2.03. The van der Waals surface area contributed by atoms with Gasteiger partial charge in [-0.05, 0) is 42.8 Å². The molecular weight excluding hydrogens is 221 g/mol. The molecule has 88 valence electrons. The van der Waals surface area contributed by atoms with E-state index in [0.29, 0.717) is 11.6 Å². The van der Waals surface area contributed by atoms with Crippen molar-refractivity contribution in [3.8, 4) is 11.6 Å². The van der Waals surface area contributed by atoms with Gasteiger partial charge in [-0.2, -0.15) is 0 Å². The zero-order chi connectivity index (χ0) is 12.3. The van der Waals surface area contributed by atoms with Crippen LogP contribution in [0.5, 0.6) is 11.6 Å². The van der Waals surface area contributed by atoms with Gasteiger partial charge in [0.05, 0.1) is 6.10 Å². The fourth-order valence-corrected chi connectivity index (χ4v) is 1.32. The van der Waals surface area contributed by atoms with Gasteiger partial charge in [-0.3, -0.25) is 0 Å². The number of ether oxygens (including phenoxy) is 1. The van der Waals surface area contributed by atoms with E-state index in [0.717, 1.165) is 5.56 Å². The third-order valence-electron chi connectivity index (χ3n) is 2.28. The number of nitrogens with zero attached hydrogens (tertiary/aromatic N) is 1. The van der Waals surface area contributed by atoms with E-state index in [1.807, 2.05) is 0 Å². The molecule has 17 heavy (non-hydrogen) atoms. The molecule has 1 aromatic heterocycles. The average Bonchev–Trinajstić information content (AvgIpc) is 2.33. The Morgan fingerprint density at radius 3 is 2.41 bits per heavy atom. The van der Waals surface area contributed by atoms with Crippen molar-refractivity contribution >= 4 is 0 Å². The topological polar surface area (TPSA) is 42.4 Å². The molecule has 0 spiro atoms. The van der Waals surface area contributed by atoms with Gasteiger partial charge in [-0.1, -0.05) is 0 Å². The Kier molecular flexibility index (Phi) is 3.35. The summed E-state index contributed by atoms with van der Waals surface area (Å²) in [5.41, 5.74) is 0.719. The van der Waals surface area contributed by atoms with E-state index < -0.39 is 6.10 Å². The second kappa shape index (κ2) is 4.93. The van der Waals surface area contributed by atoms with Crippen molar-refractivity contribution in [3.05, 3.63) is 54.0 Å². The number of hydrogen-bond donors (Lipinski definition) is 1. The molecule has 1 N–H and O–H groups in total. The molecule has 0 saturated heterocycles. The maximum Gasteiger partial charge on any atom is 0.219 e. The normalized spacial score (nSPS) is 12.2. The van der Waals surface area contributed by atoms with Gasteiger partial charge in [-0.15, -0.1) is 0 Å². The lowest BCUT2D eigenvalue weighted by molar-refractivity contribution is 0.198. The van der Waals surface area contributed by atoms with E-state index in [1.54, 1.807) is 25.3 Å². The van der Waals surface area contributed by atoms with Gasteiger partial charge in [0.1, 0.15) is 11.6 Å². The van der Waals surface area contributed by atoms with Gasteiger partial charge in [-0.25, -0.2) is 9.37 Å². The van der Waals surface area contributed by atoms with Crippen LogP contribution >= 0.6 is 0 Å². The van der Waals surface area contributed by atoms with Gasteiger partial charge in [0.15, 0.2) is 0 Å². The van der Waals surface area contributed by atoms with Crippen molar-refractivity contribution in [1.82, 2.24) is 4.98 Å². The number of halogens is 1. The zero-order valence-corrected chi connectivity index (χ0v) is 9.30. The monoisotopic (exact) mass is 233 g/mol. The molecule has 2 aromatic rings. The summed E-state index contributed by atoms with van der Waals surface area (Å²) in [6, 6.07) is 9.08. The van der Waals surface area contributed by atoms with Crippen molar-refractivity contribution in [2.75, 3.05) is 0 Å². The van der Waals surface area contributed by atoms with Crippen LogP contribution in [0, 0.1) is 5.82 Å². The second-order valence-corrected chi connectivity index (χ2v) is 3.66. The number of hydrogen-bond acceptors (Lipinski definition) is 3. The molecular formula is C13H12FNO2. The summed E-state index contributed by atoms with van der Waals surface area (Å²) in [5, 5.41) is 9.31. The molecule has 0 amide bonds. The Hall–Kier alpha value is -1.94. The van der Waals surface area contributed by atoms with E-state index >= 15 is 0 Å². The molecule has 1 heterocycles. The van der Waals surface area contributed by atoms with Crippen LogP contribution in [-0.2, 0) is 0 Å². The first-order valence-electron chi connectivity index (χ1n) is 5.22. The van der Waals surface area contributed by atoms with Crippen LogP contribution in [0.15, 0.2) is 42.6 Å². The van der Waals surface area contributed by atoms with Gasteiger partial charge in [0.25, 0.3) is 0 Å². The van der Waals surface area contributed by atoms with Crippen molar-refractivity contribution in [2.24, 2.45) is 0 Å².